The van der Waals surface area contributed by atoms with Gasteiger partial charge in [0.05, 0.1) is 5.56 Å². The van der Waals surface area contributed by atoms with Gasteiger partial charge >= 0.3 is 6.18 Å². The highest BCUT2D eigenvalue weighted by Crippen LogP contribution is 2.41. The van der Waals surface area contributed by atoms with Gasteiger partial charge in [-0.15, -0.1) is 0 Å². The van der Waals surface area contributed by atoms with Gasteiger partial charge in [-0.3, -0.25) is 4.79 Å². The lowest BCUT2D eigenvalue weighted by molar-refractivity contribution is -0.137. The SMILES string of the molecule is NCC1(c2ccc(C(F)(F)F)cc2)CC(=O)C1. The molecule has 0 radical (unpaired) electrons. The average molecular weight is 243 g/mol. The van der Waals surface area contributed by atoms with Crippen molar-refractivity contribution in [2.24, 2.45) is 5.73 Å². The lowest BCUT2D eigenvalue weighted by atomic mass is 9.63. The Kier molecular flexibility index (Phi) is 2.73. The molecule has 5 heteroatoms. The Hall–Kier alpha value is -1.36. The third-order valence-corrected chi connectivity index (χ3v) is 3.29. The van der Waals surface area contributed by atoms with Crippen molar-refractivity contribution in [1.82, 2.24) is 0 Å². The summed E-state index contributed by atoms with van der Waals surface area (Å²) in [5, 5.41) is 0. The van der Waals surface area contributed by atoms with Crippen LogP contribution in [0.15, 0.2) is 24.3 Å². The van der Waals surface area contributed by atoms with Crippen molar-refractivity contribution in [3.05, 3.63) is 35.4 Å². The second kappa shape index (κ2) is 3.84. The van der Waals surface area contributed by atoms with E-state index in [1.54, 1.807) is 0 Å². The smallest absolute Gasteiger partial charge is 0.330 e. The standard InChI is InChI=1S/C12H12F3NO/c13-12(14,15)9-3-1-8(2-4-9)11(7-16)5-10(17)6-11/h1-4H,5-7,16H2. The summed E-state index contributed by atoms with van der Waals surface area (Å²) in [6.45, 7) is 0.282. The number of nitrogens with two attached hydrogens (primary N) is 1. The molecule has 1 aliphatic carbocycles. The fraction of sp³-hybridized carbons (Fsp3) is 0.417. The van der Waals surface area contributed by atoms with Crippen LogP contribution in [-0.2, 0) is 16.4 Å². The highest BCUT2D eigenvalue weighted by Gasteiger charge is 2.44. The van der Waals surface area contributed by atoms with E-state index in [4.69, 9.17) is 5.73 Å². The first kappa shape index (κ1) is 12.1. The topological polar surface area (TPSA) is 43.1 Å². The number of ketones is 1. The Morgan fingerprint density at radius 1 is 1.18 bits per heavy atom. The monoisotopic (exact) mass is 243 g/mol. The third-order valence-electron chi connectivity index (χ3n) is 3.29. The van der Waals surface area contributed by atoms with E-state index in [0.717, 1.165) is 12.1 Å². The molecule has 1 aromatic carbocycles. The Balaban J connectivity index is 2.27. The predicted octanol–water partition coefficient (Wildman–Crippen LogP) is 2.26. The quantitative estimate of drug-likeness (QED) is 0.865. The van der Waals surface area contributed by atoms with Crippen LogP contribution in [0.25, 0.3) is 0 Å². The number of hydrogen-bond donors (Lipinski definition) is 1. The van der Waals surface area contributed by atoms with Gasteiger partial charge in [0.15, 0.2) is 0 Å². The van der Waals surface area contributed by atoms with Gasteiger partial charge in [0.2, 0.25) is 0 Å². The molecule has 1 aliphatic rings. The average Bonchev–Trinajstić information content (AvgIpc) is 2.23. The van der Waals surface area contributed by atoms with E-state index >= 15 is 0 Å². The summed E-state index contributed by atoms with van der Waals surface area (Å²) in [5.74, 6) is 0.107. The van der Waals surface area contributed by atoms with Crippen molar-refractivity contribution in [3.8, 4) is 0 Å². The minimum absolute atomic E-state index is 0.107. The molecule has 1 saturated carbocycles. The number of carbonyl (C=O) groups excluding carboxylic acids is 1. The lowest BCUT2D eigenvalue weighted by Gasteiger charge is -2.40. The largest absolute Gasteiger partial charge is 0.416 e. The molecule has 0 aromatic heterocycles. The molecule has 1 fully saturated rings. The number of hydrogen-bond acceptors (Lipinski definition) is 2. The van der Waals surface area contributed by atoms with E-state index in [1.165, 1.54) is 12.1 Å². The van der Waals surface area contributed by atoms with Gasteiger partial charge in [-0.05, 0) is 17.7 Å². The summed E-state index contributed by atoms with van der Waals surface area (Å²) in [7, 11) is 0. The van der Waals surface area contributed by atoms with Crippen molar-refractivity contribution in [2.45, 2.75) is 24.4 Å². The number of halogens is 3. The Morgan fingerprint density at radius 2 is 1.71 bits per heavy atom. The molecule has 0 unspecified atom stereocenters. The van der Waals surface area contributed by atoms with Crippen LogP contribution in [0.5, 0.6) is 0 Å². The van der Waals surface area contributed by atoms with Crippen LogP contribution in [0.3, 0.4) is 0 Å². The lowest BCUT2D eigenvalue weighted by Crippen LogP contribution is -2.47. The van der Waals surface area contributed by atoms with Gasteiger partial charge < -0.3 is 5.73 Å². The number of Topliss-reactive ketones (excluding diaryl/α,β-unsaturated/α-hetero) is 1. The van der Waals surface area contributed by atoms with Crippen LogP contribution in [-0.4, -0.2) is 12.3 Å². The van der Waals surface area contributed by atoms with Gasteiger partial charge in [0.1, 0.15) is 5.78 Å². The number of carbonyl (C=O) groups is 1. The van der Waals surface area contributed by atoms with E-state index in [0.29, 0.717) is 18.4 Å². The van der Waals surface area contributed by atoms with Crippen molar-refractivity contribution in [3.63, 3.8) is 0 Å². The minimum Gasteiger partial charge on any atom is -0.330 e. The highest BCUT2D eigenvalue weighted by atomic mass is 19.4. The van der Waals surface area contributed by atoms with E-state index in [9.17, 15) is 18.0 Å². The Labute approximate surface area is 96.6 Å². The molecule has 2 nitrogen and oxygen atoms in total. The van der Waals surface area contributed by atoms with Crippen LogP contribution >= 0.6 is 0 Å². The molecule has 0 aliphatic heterocycles. The first-order valence-corrected chi connectivity index (χ1v) is 5.27. The Bertz CT molecular complexity index is 428. The maximum absolute atomic E-state index is 12.4. The third kappa shape index (κ3) is 2.07. The normalized spacial score (nSPS) is 18.9. The molecule has 0 atom stereocenters. The summed E-state index contributed by atoms with van der Waals surface area (Å²) >= 11 is 0. The molecule has 1 aromatic rings. The van der Waals surface area contributed by atoms with E-state index in [1.807, 2.05) is 0 Å². The van der Waals surface area contributed by atoms with Crippen molar-refractivity contribution in [2.75, 3.05) is 6.54 Å². The molecular formula is C12H12F3NO. The zero-order chi connectivity index (χ0) is 12.7. The van der Waals surface area contributed by atoms with Crippen molar-refractivity contribution >= 4 is 5.78 Å². The molecule has 2 N–H and O–H groups in total. The molecule has 0 saturated heterocycles. The molecule has 0 heterocycles. The molecule has 17 heavy (non-hydrogen) atoms. The summed E-state index contributed by atoms with van der Waals surface area (Å²) in [6.07, 6.45) is -3.67. The number of alkyl halides is 3. The summed E-state index contributed by atoms with van der Waals surface area (Å²) < 4.78 is 37.1. The molecule has 0 bridgehead atoms. The van der Waals surface area contributed by atoms with Crippen LogP contribution in [0, 0.1) is 0 Å². The minimum atomic E-state index is -4.33. The summed E-state index contributed by atoms with van der Waals surface area (Å²) in [4.78, 5) is 11.0. The second-order valence-corrected chi connectivity index (χ2v) is 4.45. The zero-order valence-electron chi connectivity index (χ0n) is 9.05. The number of rotatable bonds is 2. The van der Waals surface area contributed by atoms with Crippen LogP contribution in [0.1, 0.15) is 24.0 Å². The predicted molar refractivity (Wildman–Crippen MR) is 56.4 cm³/mol. The van der Waals surface area contributed by atoms with E-state index in [2.05, 4.69) is 0 Å². The van der Waals surface area contributed by atoms with Gasteiger partial charge in [-0.1, -0.05) is 12.1 Å². The van der Waals surface area contributed by atoms with Gasteiger partial charge in [0, 0.05) is 24.8 Å². The van der Waals surface area contributed by atoms with Gasteiger partial charge in [-0.2, -0.15) is 13.2 Å². The van der Waals surface area contributed by atoms with Gasteiger partial charge in [-0.25, -0.2) is 0 Å². The van der Waals surface area contributed by atoms with Crippen LogP contribution in [0.4, 0.5) is 13.2 Å². The second-order valence-electron chi connectivity index (χ2n) is 4.45. The highest BCUT2D eigenvalue weighted by molar-refractivity contribution is 5.88. The molecule has 0 spiro atoms. The first-order valence-electron chi connectivity index (χ1n) is 5.27. The van der Waals surface area contributed by atoms with Crippen LogP contribution < -0.4 is 5.73 Å². The maximum Gasteiger partial charge on any atom is 0.416 e. The van der Waals surface area contributed by atoms with E-state index in [-0.39, 0.29) is 12.3 Å². The van der Waals surface area contributed by atoms with Crippen molar-refractivity contribution < 1.29 is 18.0 Å². The molecule has 2 rings (SSSR count). The fourth-order valence-corrected chi connectivity index (χ4v) is 2.18. The fourth-order valence-electron chi connectivity index (χ4n) is 2.18. The summed E-state index contributed by atoms with van der Waals surface area (Å²) in [5.41, 5.74) is 5.20. The first-order chi connectivity index (χ1) is 7.87. The maximum atomic E-state index is 12.4. The van der Waals surface area contributed by atoms with Crippen LogP contribution in [0.2, 0.25) is 0 Å². The molecular weight excluding hydrogens is 231 g/mol. The molecule has 0 amide bonds. The number of benzene rings is 1. The molecule has 92 valence electrons. The zero-order valence-corrected chi connectivity index (χ0v) is 9.05. The van der Waals surface area contributed by atoms with Crippen molar-refractivity contribution in [1.29, 1.82) is 0 Å². The van der Waals surface area contributed by atoms with Gasteiger partial charge in [0.25, 0.3) is 0 Å². The van der Waals surface area contributed by atoms with E-state index < -0.39 is 17.2 Å². The Morgan fingerprint density at radius 3 is 2.06 bits per heavy atom. The summed E-state index contributed by atoms with van der Waals surface area (Å²) in [6, 6.07) is 4.91.